The van der Waals surface area contributed by atoms with Crippen LogP contribution in [0.5, 0.6) is 0 Å². The van der Waals surface area contributed by atoms with Crippen molar-refractivity contribution in [3.63, 3.8) is 0 Å². The van der Waals surface area contributed by atoms with Crippen molar-refractivity contribution in [2.75, 3.05) is 13.1 Å². The zero-order chi connectivity index (χ0) is 17.8. The van der Waals surface area contributed by atoms with E-state index < -0.39 is 10.0 Å². The molecule has 1 fully saturated rings. The molecule has 0 aromatic heterocycles. The van der Waals surface area contributed by atoms with Crippen LogP contribution in [0.1, 0.15) is 63.2 Å². The minimum absolute atomic E-state index is 0.199. The first-order chi connectivity index (χ1) is 11.3. The van der Waals surface area contributed by atoms with Crippen molar-refractivity contribution < 1.29 is 13.2 Å². The molecule has 0 atom stereocenters. The van der Waals surface area contributed by atoms with E-state index >= 15 is 0 Å². The predicted molar refractivity (Wildman–Crippen MR) is 95.5 cm³/mol. The van der Waals surface area contributed by atoms with Crippen LogP contribution in [-0.4, -0.2) is 37.3 Å². The summed E-state index contributed by atoms with van der Waals surface area (Å²) in [5, 5.41) is 2.98. The third-order valence-corrected chi connectivity index (χ3v) is 6.27. The van der Waals surface area contributed by atoms with Gasteiger partial charge >= 0.3 is 0 Å². The van der Waals surface area contributed by atoms with Crippen LogP contribution in [-0.2, 0) is 10.0 Å². The maximum absolute atomic E-state index is 12.7. The van der Waals surface area contributed by atoms with Crippen molar-refractivity contribution in [3.8, 4) is 0 Å². The molecule has 0 bridgehead atoms. The SMILES string of the molecule is CCCC(C)(C)NC(=O)c1cccc(S(=O)(=O)N2CCCCC2)c1. The summed E-state index contributed by atoms with van der Waals surface area (Å²) in [6.07, 6.45) is 4.69. The second-order valence-electron chi connectivity index (χ2n) is 7.08. The van der Waals surface area contributed by atoms with Crippen LogP contribution in [0.4, 0.5) is 0 Å². The van der Waals surface area contributed by atoms with Gasteiger partial charge in [0.25, 0.3) is 5.91 Å². The lowest BCUT2D eigenvalue weighted by atomic mass is 9.98. The molecule has 1 heterocycles. The quantitative estimate of drug-likeness (QED) is 0.855. The summed E-state index contributed by atoms with van der Waals surface area (Å²) in [7, 11) is -3.52. The standard InChI is InChI=1S/C18H28N2O3S/c1-4-11-18(2,3)19-17(21)15-9-8-10-16(14-15)24(22,23)20-12-6-5-7-13-20/h8-10,14H,4-7,11-13H2,1-3H3,(H,19,21). The summed E-state index contributed by atoms with van der Waals surface area (Å²) in [5.41, 5.74) is 0.0744. The molecule has 2 rings (SSSR count). The number of carbonyl (C=O) groups is 1. The summed E-state index contributed by atoms with van der Waals surface area (Å²) in [6.45, 7) is 7.13. The third-order valence-electron chi connectivity index (χ3n) is 4.38. The summed E-state index contributed by atoms with van der Waals surface area (Å²) in [6, 6.07) is 6.35. The van der Waals surface area contributed by atoms with Gasteiger partial charge in [-0.1, -0.05) is 25.8 Å². The highest BCUT2D eigenvalue weighted by molar-refractivity contribution is 7.89. The Morgan fingerprint density at radius 3 is 2.50 bits per heavy atom. The molecule has 1 aromatic carbocycles. The molecule has 0 radical (unpaired) electrons. The molecule has 24 heavy (non-hydrogen) atoms. The molecule has 6 heteroatoms. The number of hydrogen-bond donors (Lipinski definition) is 1. The van der Waals surface area contributed by atoms with Gasteiger partial charge in [-0.25, -0.2) is 8.42 Å². The summed E-state index contributed by atoms with van der Waals surface area (Å²) >= 11 is 0. The predicted octanol–water partition coefficient (Wildman–Crippen LogP) is 3.17. The molecule has 5 nitrogen and oxygen atoms in total. The van der Waals surface area contributed by atoms with Crippen LogP contribution in [0, 0.1) is 0 Å². The van der Waals surface area contributed by atoms with Gasteiger partial charge in [0.2, 0.25) is 10.0 Å². The average Bonchev–Trinajstić information content (AvgIpc) is 2.55. The Labute approximate surface area is 145 Å². The monoisotopic (exact) mass is 352 g/mol. The highest BCUT2D eigenvalue weighted by Gasteiger charge is 2.27. The molecule has 0 aliphatic carbocycles. The molecule has 1 amide bonds. The van der Waals surface area contributed by atoms with Gasteiger partial charge in [-0.3, -0.25) is 4.79 Å². The number of carbonyl (C=O) groups excluding carboxylic acids is 1. The molecule has 1 N–H and O–H groups in total. The van der Waals surface area contributed by atoms with Crippen LogP contribution in [0.15, 0.2) is 29.2 Å². The Hall–Kier alpha value is -1.40. The van der Waals surface area contributed by atoms with E-state index in [4.69, 9.17) is 0 Å². The molecule has 0 saturated carbocycles. The van der Waals surface area contributed by atoms with Crippen LogP contribution in [0.2, 0.25) is 0 Å². The molecule has 1 aliphatic rings. The molecular formula is C18H28N2O3S. The van der Waals surface area contributed by atoms with Crippen molar-refractivity contribution in [3.05, 3.63) is 29.8 Å². The fourth-order valence-electron chi connectivity index (χ4n) is 3.12. The van der Waals surface area contributed by atoms with E-state index in [-0.39, 0.29) is 16.3 Å². The van der Waals surface area contributed by atoms with E-state index in [1.54, 1.807) is 18.2 Å². The third kappa shape index (κ3) is 4.57. The maximum Gasteiger partial charge on any atom is 0.251 e. The van der Waals surface area contributed by atoms with Gasteiger partial charge < -0.3 is 5.32 Å². The molecule has 134 valence electrons. The lowest BCUT2D eigenvalue weighted by molar-refractivity contribution is 0.0909. The van der Waals surface area contributed by atoms with Gasteiger partial charge in [0.1, 0.15) is 0 Å². The largest absolute Gasteiger partial charge is 0.347 e. The van der Waals surface area contributed by atoms with Gasteiger partial charge in [0, 0.05) is 24.2 Å². The highest BCUT2D eigenvalue weighted by Crippen LogP contribution is 2.21. The van der Waals surface area contributed by atoms with Crippen LogP contribution in [0.25, 0.3) is 0 Å². The van der Waals surface area contributed by atoms with Crippen molar-refractivity contribution >= 4 is 15.9 Å². The smallest absolute Gasteiger partial charge is 0.251 e. The molecule has 1 saturated heterocycles. The minimum atomic E-state index is -3.52. The van der Waals surface area contributed by atoms with E-state index in [2.05, 4.69) is 12.2 Å². The first kappa shape index (κ1) is 18.9. The zero-order valence-electron chi connectivity index (χ0n) is 14.8. The van der Waals surface area contributed by atoms with E-state index in [1.165, 1.54) is 10.4 Å². The number of nitrogens with zero attached hydrogens (tertiary/aromatic N) is 1. The first-order valence-electron chi connectivity index (χ1n) is 8.69. The maximum atomic E-state index is 12.7. The Morgan fingerprint density at radius 2 is 1.88 bits per heavy atom. The normalized spacial score (nSPS) is 16.8. The number of nitrogens with one attached hydrogen (secondary N) is 1. The number of amides is 1. The molecule has 1 aliphatic heterocycles. The van der Waals surface area contributed by atoms with Crippen LogP contribution in [0.3, 0.4) is 0 Å². The van der Waals surface area contributed by atoms with E-state index in [0.717, 1.165) is 32.1 Å². The second-order valence-corrected chi connectivity index (χ2v) is 9.02. The fourth-order valence-corrected chi connectivity index (χ4v) is 4.68. The number of sulfonamides is 1. The molecular weight excluding hydrogens is 324 g/mol. The zero-order valence-corrected chi connectivity index (χ0v) is 15.7. The Bertz CT molecular complexity index is 677. The summed E-state index contributed by atoms with van der Waals surface area (Å²) < 4.78 is 27.0. The number of rotatable bonds is 6. The molecule has 0 spiro atoms. The van der Waals surface area contributed by atoms with Crippen molar-refractivity contribution in [1.29, 1.82) is 0 Å². The summed E-state index contributed by atoms with van der Waals surface area (Å²) in [4.78, 5) is 12.7. The van der Waals surface area contributed by atoms with Gasteiger partial charge in [-0.05, 0) is 51.3 Å². The average molecular weight is 353 g/mol. The van der Waals surface area contributed by atoms with Crippen LogP contribution >= 0.6 is 0 Å². The Kier molecular flexibility index (Phi) is 6.04. The number of piperidine rings is 1. The molecule has 0 unspecified atom stereocenters. The second kappa shape index (κ2) is 7.66. The van der Waals surface area contributed by atoms with Crippen LogP contribution < -0.4 is 5.32 Å². The summed E-state index contributed by atoms with van der Waals surface area (Å²) in [5.74, 6) is -0.232. The Morgan fingerprint density at radius 1 is 1.21 bits per heavy atom. The van der Waals surface area contributed by atoms with E-state index in [0.29, 0.717) is 18.7 Å². The molecule has 1 aromatic rings. The lowest BCUT2D eigenvalue weighted by Crippen LogP contribution is -2.43. The van der Waals surface area contributed by atoms with E-state index in [9.17, 15) is 13.2 Å². The minimum Gasteiger partial charge on any atom is -0.347 e. The first-order valence-corrected chi connectivity index (χ1v) is 10.1. The fraction of sp³-hybridized carbons (Fsp3) is 0.611. The van der Waals surface area contributed by atoms with Crippen molar-refractivity contribution in [1.82, 2.24) is 9.62 Å². The number of hydrogen-bond acceptors (Lipinski definition) is 3. The Balaban J connectivity index is 2.20. The van der Waals surface area contributed by atoms with Crippen molar-refractivity contribution in [2.24, 2.45) is 0 Å². The van der Waals surface area contributed by atoms with Gasteiger partial charge in [-0.2, -0.15) is 4.31 Å². The van der Waals surface area contributed by atoms with Gasteiger partial charge in [0.15, 0.2) is 0 Å². The lowest BCUT2D eigenvalue weighted by Gasteiger charge is -2.27. The number of benzene rings is 1. The van der Waals surface area contributed by atoms with E-state index in [1.807, 2.05) is 13.8 Å². The van der Waals surface area contributed by atoms with Gasteiger partial charge in [-0.15, -0.1) is 0 Å². The van der Waals surface area contributed by atoms with Gasteiger partial charge in [0.05, 0.1) is 4.90 Å². The highest BCUT2D eigenvalue weighted by atomic mass is 32.2. The topological polar surface area (TPSA) is 66.5 Å². The van der Waals surface area contributed by atoms with Crippen molar-refractivity contribution in [2.45, 2.75) is 63.3 Å².